The van der Waals surface area contributed by atoms with E-state index >= 15 is 0 Å². The minimum atomic E-state index is -0.117. The molecule has 1 aromatic rings. The number of nitrogens with one attached hydrogen (secondary N) is 1. The molecule has 2 atom stereocenters. The number of ether oxygens (including phenoxy) is 2. The first kappa shape index (κ1) is 20.8. The van der Waals surface area contributed by atoms with Crippen molar-refractivity contribution < 1.29 is 14.3 Å². The second-order valence-electron chi connectivity index (χ2n) is 7.43. The van der Waals surface area contributed by atoms with Gasteiger partial charge >= 0.3 is 0 Å². The van der Waals surface area contributed by atoms with E-state index in [2.05, 4.69) is 17.1 Å². The third kappa shape index (κ3) is 4.81. The molecule has 7 heteroatoms. The van der Waals surface area contributed by atoms with Crippen LogP contribution in [-0.4, -0.2) is 56.2 Å². The van der Waals surface area contributed by atoms with Crippen LogP contribution in [0.4, 0.5) is 0 Å². The standard InChI is InChI=1S/C19H29N3O3.ClH/c1-14(22-8-6-19(2,12-20)13-22)18(23)21-7-5-15-3-4-16-17(11-15)25-10-9-24-16;/h3-4,11,14H,5-10,12-13,20H2,1-2H3,(H,21,23);1H. The summed E-state index contributed by atoms with van der Waals surface area (Å²) in [4.78, 5) is 14.7. The Morgan fingerprint density at radius 3 is 2.77 bits per heavy atom. The average molecular weight is 384 g/mol. The van der Waals surface area contributed by atoms with Crippen molar-refractivity contribution in [2.75, 3.05) is 39.4 Å². The van der Waals surface area contributed by atoms with E-state index in [0.29, 0.717) is 26.3 Å². The Bertz CT molecular complexity index is 628. The number of benzene rings is 1. The van der Waals surface area contributed by atoms with E-state index in [4.69, 9.17) is 15.2 Å². The third-order valence-corrected chi connectivity index (χ3v) is 5.33. The Kier molecular flexibility index (Phi) is 7.15. The van der Waals surface area contributed by atoms with Crippen LogP contribution in [0.15, 0.2) is 18.2 Å². The SMILES string of the molecule is CC(C(=O)NCCc1ccc2c(c1)OCCO2)N1CCC(C)(CN)C1.Cl. The highest BCUT2D eigenvalue weighted by Crippen LogP contribution is 2.31. The Morgan fingerprint density at radius 1 is 1.35 bits per heavy atom. The topological polar surface area (TPSA) is 76.8 Å². The Hall–Kier alpha value is -1.50. The maximum absolute atomic E-state index is 12.4. The number of nitrogens with two attached hydrogens (primary N) is 1. The summed E-state index contributed by atoms with van der Waals surface area (Å²) in [5, 5.41) is 3.05. The Balaban J connectivity index is 0.00000243. The molecule has 3 rings (SSSR count). The second kappa shape index (κ2) is 8.93. The lowest BCUT2D eigenvalue weighted by Gasteiger charge is -2.26. The Labute approximate surface area is 161 Å². The van der Waals surface area contributed by atoms with Gasteiger partial charge < -0.3 is 20.5 Å². The highest BCUT2D eigenvalue weighted by atomic mass is 35.5. The van der Waals surface area contributed by atoms with Crippen LogP contribution in [0.5, 0.6) is 11.5 Å². The number of likely N-dealkylation sites (tertiary alicyclic amines) is 1. The van der Waals surface area contributed by atoms with E-state index in [0.717, 1.165) is 43.0 Å². The summed E-state index contributed by atoms with van der Waals surface area (Å²) >= 11 is 0. The first-order valence-electron chi connectivity index (χ1n) is 9.11. The molecule has 2 heterocycles. The van der Waals surface area contributed by atoms with Crippen LogP contribution in [-0.2, 0) is 11.2 Å². The number of amides is 1. The second-order valence-corrected chi connectivity index (χ2v) is 7.43. The number of rotatable bonds is 6. The summed E-state index contributed by atoms with van der Waals surface area (Å²) in [6, 6.07) is 5.84. The molecule has 0 bridgehead atoms. The zero-order valence-corrected chi connectivity index (χ0v) is 16.4. The highest BCUT2D eigenvalue weighted by Gasteiger charge is 2.36. The normalized spacial score (nSPS) is 23.2. The summed E-state index contributed by atoms with van der Waals surface area (Å²) in [5.74, 6) is 1.67. The van der Waals surface area contributed by atoms with E-state index in [1.54, 1.807) is 0 Å². The molecule has 2 aliphatic rings. The van der Waals surface area contributed by atoms with Crippen LogP contribution in [0.1, 0.15) is 25.8 Å². The third-order valence-electron chi connectivity index (χ3n) is 5.33. The van der Waals surface area contributed by atoms with Crippen molar-refractivity contribution >= 4 is 18.3 Å². The fraction of sp³-hybridized carbons (Fsp3) is 0.632. The van der Waals surface area contributed by atoms with Gasteiger partial charge in [-0.25, -0.2) is 0 Å². The largest absolute Gasteiger partial charge is 0.486 e. The maximum atomic E-state index is 12.4. The molecule has 1 saturated heterocycles. The molecule has 0 radical (unpaired) electrons. The number of nitrogens with zero attached hydrogens (tertiary/aromatic N) is 1. The quantitative estimate of drug-likeness (QED) is 0.780. The lowest BCUT2D eigenvalue weighted by molar-refractivity contribution is -0.125. The van der Waals surface area contributed by atoms with Gasteiger partial charge in [0, 0.05) is 13.1 Å². The summed E-state index contributed by atoms with van der Waals surface area (Å²) in [6.07, 6.45) is 1.83. The maximum Gasteiger partial charge on any atom is 0.237 e. The van der Waals surface area contributed by atoms with E-state index in [1.165, 1.54) is 0 Å². The highest BCUT2D eigenvalue weighted by molar-refractivity contribution is 5.85. The van der Waals surface area contributed by atoms with Crippen LogP contribution < -0.4 is 20.5 Å². The van der Waals surface area contributed by atoms with E-state index in [1.807, 2.05) is 25.1 Å². The summed E-state index contributed by atoms with van der Waals surface area (Å²) in [5.41, 5.74) is 7.13. The van der Waals surface area contributed by atoms with Crippen molar-refractivity contribution in [3.8, 4) is 11.5 Å². The monoisotopic (exact) mass is 383 g/mol. The molecule has 6 nitrogen and oxygen atoms in total. The minimum absolute atomic E-state index is 0. The summed E-state index contributed by atoms with van der Waals surface area (Å²) in [6.45, 7) is 8.46. The number of fused-ring (bicyclic) bond motifs is 1. The van der Waals surface area contributed by atoms with Crippen molar-refractivity contribution in [3.63, 3.8) is 0 Å². The molecule has 0 aliphatic carbocycles. The van der Waals surface area contributed by atoms with Gasteiger partial charge in [0.15, 0.2) is 11.5 Å². The van der Waals surface area contributed by atoms with Gasteiger partial charge in [0.2, 0.25) is 5.91 Å². The fourth-order valence-corrected chi connectivity index (χ4v) is 3.45. The Morgan fingerprint density at radius 2 is 2.08 bits per heavy atom. The van der Waals surface area contributed by atoms with Gasteiger partial charge in [0.1, 0.15) is 13.2 Å². The van der Waals surface area contributed by atoms with Crippen molar-refractivity contribution in [2.24, 2.45) is 11.1 Å². The van der Waals surface area contributed by atoms with Crippen molar-refractivity contribution in [2.45, 2.75) is 32.7 Å². The average Bonchev–Trinajstić information content (AvgIpc) is 3.04. The first-order valence-corrected chi connectivity index (χ1v) is 9.11. The molecule has 2 aliphatic heterocycles. The van der Waals surface area contributed by atoms with Crippen LogP contribution in [0.25, 0.3) is 0 Å². The van der Waals surface area contributed by atoms with Gasteiger partial charge in [0.25, 0.3) is 0 Å². The van der Waals surface area contributed by atoms with Crippen molar-refractivity contribution in [3.05, 3.63) is 23.8 Å². The molecule has 0 aromatic heterocycles. The van der Waals surface area contributed by atoms with Gasteiger partial charge in [-0.05, 0) is 56.0 Å². The molecule has 1 aromatic carbocycles. The van der Waals surface area contributed by atoms with Crippen LogP contribution in [0.3, 0.4) is 0 Å². The molecular formula is C19H30ClN3O3. The van der Waals surface area contributed by atoms with E-state index in [-0.39, 0.29) is 29.8 Å². The molecule has 146 valence electrons. The lowest BCUT2D eigenvalue weighted by Crippen LogP contribution is -2.45. The number of halogens is 1. The van der Waals surface area contributed by atoms with Crippen LogP contribution >= 0.6 is 12.4 Å². The molecule has 3 N–H and O–H groups in total. The van der Waals surface area contributed by atoms with Gasteiger partial charge in [-0.1, -0.05) is 13.0 Å². The van der Waals surface area contributed by atoms with Crippen molar-refractivity contribution in [1.29, 1.82) is 0 Å². The van der Waals surface area contributed by atoms with Gasteiger partial charge in [0.05, 0.1) is 6.04 Å². The van der Waals surface area contributed by atoms with Gasteiger partial charge in [-0.3, -0.25) is 9.69 Å². The van der Waals surface area contributed by atoms with Gasteiger partial charge in [-0.2, -0.15) is 0 Å². The molecule has 1 amide bonds. The fourth-order valence-electron chi connectivity index (χ4n) is 3.45. The zero-order chi connectivity index (χ0) is 17.9. The molecule has 0 saturated carbocycles. The van der Waals surface area contributed by atoms with Gasteiger partial charge in [-0.15, -0.1) is 12.4 Å². The molecule has 26 heavy (non-hydrogen) atoms. The number of carbonyl (C=O) groups is 1. The number of carbonyl (C=O) groups excluding carboxylic acids is 1. The minimum Gasteiger partial charge on any atom is -0.486 e. The van der Waals surface area contributed by atoms with E-state index in [9.17, 15) is 4.79 Å². The van der Waals surface area contributed by atoms with Crippen molar-refractivity contribution in [1.82, 2.24) is 10.2 Å². The smallest absolute Gasteiger partial charge is 0.237 e. The molecular weight excluding hydrogens is 354 g/mol. The predicted molar refractivity (Wildman–Crippen MR) is 104 cm³/mol. The summed E-state index contributed by atoms with van der Waals surface area (Å²) in [7, 11) is 0. The predicted octanol–water partition coefficient (Wildman–Crippen LogP) is 1.60. The molecule has 0 spiro atoms. The van der Waals surface area contributed by atoms with E-state index < -0.39 is 0 Å². The lowest BCUT2D eigenvalue weighted by atomic mass is 9.90. The number of hydrogen-bond acceptors (Lipinski definition) is 5. The first-order chi connectivity index (χ1) is 12.0. The summed E-state index contributed by atoms with van der Waals surface area (Å²) < 4.78 is 11.1. The van der Waals surface area contributed by atoms with Crippen LogP contribution in [0, 0.1) is 5.41 Å². The molecule has 1 fully saturated rings. The van der Waals surface area contributed by atoms with Crippen LogP contribution in [0.2, 0.25) is 0 Å². The number of hydrogen-bond donors (Lipinski definition) is 2. The zero-order valence-electron chi connectivity index (χ0n) is 15.6. The molecule has 2 unspecified atom stereocenters.